The molecule has 7 nitrogen and oxygen atoms in total. The molecule has 1 aliphatic heterocycles. The number of rotatable bonds is 3. The van der Waals surface area contributed by atoms with Gasteiger partial charge in [0, 0.05) is 38.9 Å². The second-order valence-electron chi connectivity index (χ2n) is 5.13. The second kappa shape index (κ2) is 6.04. The number of aryl methyl sites for hydroxylation is 1. The maximum Gasteiger partial charge on any atom is 0.330 e. The van der Waals surface area contributed by atoms with Gasteiger partial charge in [0.15, 0.2) is 0 Å². The van der Waals surface area contributed by atoms with Crippen molar-refractivity contribution in [2.24, 2.45) is 14.1 Å². The summed E-state index contributed by atoms with van der Waals surface area (Å²) in [5.74, 6) is -0.0239. The molecule has 1 aliphatic rings. The quantitative estimate of drug-likeness (QED) is 0.731. The minimum absolute atomic E-state index is 0.0239. The van der Waals surface area contributed by atoms with Gasteiger partial charge in [-0.1, -0.05) is 0 Å². The molecule has 1 fully saturated rings. The number of aromatic nitrogens is 2. The fourth-order valence-corrected chi connectivity index (χ4v) is 2.37. The van der Waals surface area contributed by atoms with Crippen LogP contribution < -0.4 is 21.9 Å². The summed E-state index contributed by atoms with van der Waals surface area (Å²) in [7, 11) is 3.05. The zero-order valence-electron chi connectivity index (χ0n) is 11.8. The van der Waals surface area contributed by atoms with Crippen molar-refractivity contribution in [3.63, 3.8) is 0 Å². The molecule has 0 bridgehead atoms. The predicted molar refractivity (Wildman–Crippen MR) is 74.4 cm³/mol. The van der Waals surface area contributed by atoms with Crippen LogP contribution in [0.4, 0.5) is 0 Å². The van der Waals surface area contributed by atoms with Crippen molar-refractivity contribution >= 4 is 5.91 Å². The third-order valence-corrected chi connectivity index (χ3v) is 3.59. The Morgan fingerprint density at radius 2 is 2.05 bits per heavy atom. The van der Waals surface area contributed by atoms with Gasteiger partial charge in [-0.25, -0.2) is 4.79 Å². The topological polar surface area (TPSA) is 85.1 Å². The lowest BCUT2D eigenvalue weighted by atomic mass is 10.1. The minimum Gasteiger partial charge on any atom is -0.355 e. The summed E-state index contributed by atoms with van der Waals surface area (Å²) in [5.41, 5.74) is -0.202. The molecular weight excluding hydrogens is 260 g/mol. The van der Waals surface area contributed by atoms with E-state index in [1.54, 1.807) is 7.05 Å². The minimum atomic E-state index is -0.356. The normalized spacial score (nSPS) is 19.5. The van der Waals surface area contributed by atoms with Gasteiger partial charge in [0.25, 0.3) is 5.56 Å². The molecule has 7 heteroatoms. The van der Waals surface area contributed by atoms with Crippen molar-refractivity contribution < 1.29 is 4.79 Å². The third kappa shape index (κ3) is 2.98. The van der Waals surface area contributed by atoms with Crippen molar-refractivity contribution in [2.75, 3.05) is 6.54 Å². The number of amides is 1. The molecule has 20 heavy (non-hydrogen) atoms. The van der Waals surface area contributed by atoms with Crippen molar-refractivity contribution in [1.82, 2.24) is 19.8 Å². The van der Waals surface area contributed by atoms with E-state index >= 15 is 0 Å². The van der Waals surface area contributed by atoms with Gasteiger partial charge < -0.3 is 15.2 Å². The molecule has 1 saturated heterocycles. The largest absolute Gasteiger partial charge is 0.355 e. The van der Waals surface area contributed by atoms with E-state index in [2.05, 4.69) is 10.6 Å². The molecule has 0 spiro atoms. The van der Waals surface area contributed by atoms with Gasteiger partial charge in [0.05, 0.1) is 6.04 Å². The molecule has 0 aliphatic carbocycles. The van der Waals surface area contributed by atoms with Gasteiger partial charge in [0.2, 0.25) is 5.91 Å². The third-order valence-electron chi connectivity index (χ3n) is 3.59. The molecule has 0 radical (unpaired) electrons. The maximum atomic E-state index is 12.0. The molecule has 2 rings (SSSR count). The van der Waals surface area contributed by atoms with Gasteiger partial charge >= 0.3 is 5.69 Å². The van der Waals surface area contributed by atoms with Crippen molar-refractivity contribution in [3.8, 4) is 0 Å². The highest BCUT2D eigenvalue weighted by molar-refractivity contribution is 5.81. The summed E-state index contributed by atoms with van der Waals surface area (Å²) < 4.78 is 2.44. The summed E-state index contributed by atoms with van der Waals surface area (Å²) in [4.78, 5) is 35.4. The van der Waals surface area contributed by atoms with Crippen LogP contribution in [-0.4, -0.2) is 27.6 Å². The Kier molecular flexibility index (Phi) is 4.39. The van der Waals surface area contributed by atoms with E-state index in [1.165, 1.54) is 17.8 Å². The highest BCUT2D eigenvalue weighted by atomic mass is 16.2. The van der Waals surface area contributed by atoms with Crippen molar-refractivity contribution in [1.29, 1.82) is 0 Å². The molecule has 1 aromatic heterocycles. The van der Waals surface area contributed by atoms with Gasteiger partial charge in [-0.3, -0.25) is 14.2 Å². The second-order valence-corrected chi connectivity index (χ2v) is 5.13. The summed E-state index contributed by atoms with van der Waals surface area (Å²) in [6, 6.07) is -0.278. The van der Waals surface area contributed by atoms with E-state index in [1.807, 2.05) is 0 Å². The molecule has 2 N–H and O–H groups in total. The number of nitrogens with one attached hydrogen (secondary N) is 2. The summed E-state index contributed by atoms with van der Waals surface area (Å²) in [6.07, 6.45) is 4.23. The van der Waals surface area contributed by atoms with E-state index in [4.69, 9.17) is 0 Å². The fourth-order valence-electron chi connectivity index (χ4n) is 2.37. The van der Waals surface area contributed by atoms with Crippen LogP contribution >= 0.6 is 0 Å². The molecule has 0 saturated carbocycles. The molecular formula is C13H20N4O3. The SMILES string of the molecule is Cn1cc(CNC2CCCCNC2=O)c(=O)n(C)c1=O. The first-order chi connectivity index (χ1) is 9.50. The van der Waals surface area contributed by atoms with Crippen LogP contribution in [0.3, 0.4) is 0 Å². The zero-order chi connectivity index (χ0) is 14.7. The molecule has 1 unspecified atom stereocenters. The van der Waals surface area contributed by atoms with E-state index in [9.17, 15) is 14.4 Å². The first-order valence-corrected chi connectivity index (χ1v) is 6.77. The Balaban J connectivity index is 2.13. The maximum absolute atomic E-state index is 12.0. The van der Waals surface area contributed by atoms with E-state index < -0.39 is 0 Å². The van der Waals surface area contributed by atoms with E-state index in [-0.39, 0.29) is 29.7 Å². The fraction of sp³-hybridized carbons (Fsp3) is 0.615. The van der Waals surface area contributed by atoms with Gasteiger partial charge in [0.1, 0.15) is 0 Å². The average molecular weight is 280 g/mol. The Morgan fingerprint density at radius 3 is 2.80 bits per heavy atom. The van der Waals surface area contributed by atoms with Crippen LogP contribution in [0.15, 0.2) is 15.8 Å². The standard InChI is InChI=1S/C13H20N4O3/c1-16-8-9(12(19)17(2)13(16)20)7-15-10-5-3-4-6-14-11(10)18/h8,10,15H,3-7H2,1-2H3,(H,14,18). The molecule has 1 atom stereocenters. The molecule has 0 aromatic carbocycles. The first kappa shape index (κ1) is 14.5. The van der Waals surface area contributed by atoms with Gasteiger partial charge in [-0.15, -0.1) is 0 Å². The lowest BCUT2D eigenvalue weighted by Crippen LogP contribution is -2.44. The smallest absolute Gasteiger partial charge is 0.330 e. The summed E-state index contributed by atoms with van der Waals surface area (Å²) in [5, 5.41) is 5.94. The lowest BCUT2D eigenvalue weighted by molar-refractivity contribution is -0.122. The number of hydrogen-bond acceptors (Lipinski definition) is 4. The number of carbonyl (C=O) groups excluding carboxylic acids is 1. The Bertz CT molecular complexity index is 617. The zero-order valence-corrected chi connectivity index (χ0v) is 11.8. The Morgan fingerprint density at radius 1 is 1.30 bits per heavy atom. The average Bonchev–Trinajstić information content (AvgIpc) is 2.64. The van der Waals surface area contributed by atoms with E-state index in [0.29, 0.717) is 12.1 Å². The monoisotopic (exact) mass is 280 g/mol. The van der Waals surface area contributed by atoms with Crippen LogP contribution in [0.1, 0.15) is 24.8 Å². The van der Waals surface area contributed by atoms with Gasteiger partial charge in [-0.2, -0.15) is 0 Å². The number of hydrogen-bond donors (Lipinski definition) is 2. The molecule has 1 amide bonds. The van der Waals surface area contributed by atoms with Crippen LogP contribution in [0.5, 0.6) is 0 Å². The summed E-state index contributed by atoms with van der Waals surface area (Å²) >= 11 is 0. The van der Waals surface area contributed by atoms with Crippen LogP contribution in [0.25, 0.3) is 0 Å². The first-order valence-electron chi connectivity index (χ1n) is 6.77. The molecule has 1 aromatic rings. The number of carbonyl (C=O) groups is 1. The van der Waals surface area contributed by atoms with Crippen LogP contribution in [0.2, 0.25) is 0 Å². The summed E-state index contributed by atoms with van der Waals surface area (Å²) in [6.45, 7) is 0.984. The number of nitrogens with zero attached hydrogens (tertiary/aromatic N) is 2. The van der Waals surface area contributed by atoms with Crippen LogP contribution in [0, 0.1) is 0 Å². The Hall–Kier alpha value is -1.89. The highest BCUT2D eigenvalue weighted by Gasteiger charge is 2.20. The molecule has 2 heterocycles. The lowest BCUT2D eigenvalue weighted by Gasteiger charge is -2.15. The highest BCUT2D eigenvalue weighted by Crippen LogP contribution is 2.05. The van der Waals surface area contributed by atoms with Crippen LogP contribution in [-0.2, 0) is 25.4 Å². The van der Waals surface area contributed by atoms with E-state index in [0.717, 1.165) is 23.8 Å². The predicted octanol–water partition coefficient (Wildman–Crippen LogP) is -1.16. The van der Waals surface area contributed by atoms with Crippen molar-refractivity contribution in [2.45, 2.75) is 31.8 Å². The van der Waals surface area contributed by atoms with Gasteiger partial charge in [-0.05, 0) is 19.3 Å². The Labute approximate surface area is 116 Å². The van der Waals surface area contributed by atoms with Crippen molar-refractivity contribution in [3.05, 3.63) is 32.6 Å². The molecule has 110 valence electrons.